The van der Waals surface area contributed by atoms with Crippen LogP contribution in [0, 0.1) is 0 Å². The zero-order valence-corrected chi connectivity index (χ0v) is 6.79. The molecule has 1 aromatic rings. The van der Waals surface area contributed by atoms with Gasteiger partial charge in [0.15, 0.2) is 0 Å². The van der Waals surface area contributed by atoms with Crippen LogP contribution in [0.25, 0.3) is 6.08 Å². The van der Waals surface area contributed by atoms with Gasteiger partial charge < -0.3 is 4.74 Å². The van der Waals surface area contributed by atoms with Crippen molar-refractivity contribution >= 4 is 6.08 Å². The molecule has 0 saturated carbocycles. The Balaban J connectivity index is 2.16. The summed E-state index contributed by atoms with van der Waals surface area (Å²) >= 11 is 0. The summed E-state index contributed by atoms with van der Waals surface area (Å²) in [7, 11) is 0. The third-order valence-corrected chi connectivity index (χ3v) is 1.79. The van der Waals surface area contributed by atoms with Crippen molar-refractivity contribution in [2.45, 2.75) is 0 Å². The normalized spacial score (nSPS) is 19.5. The molecule has 1 aliphatic heterocycles. The largest absolute Gasteiger partial charge is 0.481 e. The lowest BCUT2D eigenvalue weighted by atomic mass is 10.2. The van der Waals surface area contributed by atoms with Gasteiger partial charge in [0.25, 0.3) is 0 Å². The number of benzene rings is 1. The highest BCUT2D eigenvalue weighted by molar-refractivity contribution is 5.51. The molecule has 0 radical (unpaired) electrons. The Labute approximate surface area is 71.9 Å². The van der Waals surface area contributed by atoms with Crippen molar-refractivity contribution in [1.29, 1.82) is 0 Å². The van der Waals surface area contributed by atoms with Gasteiger partial charge in [-0.3, -0.25) is 5.32 Å². The summed E-state index contributed by atoms with van der Waals surface area (Å²) in [6.07, 6.45) is 2.06. The highest BCUT2D eigenvalue weighted by atomic mass is 16.5. The van der Waals surface area contributed by atoms with Crippen LogP contribution in [0.1, 0.15) is 5.56 Å². The first-order valence-electron chi connectivity index (χ1n) is 4.04. The minimum absolute atomic E-state index is 0.638. The molecule has 0 unspecified atom stereocenters. The zero-order chi connectivity index (χ0) is 8.23. The van der Waals surface area contributed by atoms with Gasteiger partial charge >= 0.3 is 0 Å². The molecular weight excluding hydrogens is 150 g/mol. The van der Waals surface area contributed by atoms with Gasteiger partial charge in [-0.2, -0.15) is 0 Å². The van der Waals surface area contributed by atoms with Crippen molar-refractivity contribution in [2.75, 3.05) is 13.3 Å². The van der Waals surface area contributed by atoms with E-state index < -0.39 is 0 Å². The van der Waals surface area contributed by atoms with Gasteiger partial charge in [-0.1, -0.05) is 30.3 Å². The first kappa shape index (κ1) is 7.37. The van der Waals surface area contributed by atoms with Gasteiger partial charge in [0, 0.05) is 0 Å². The Hall–Kier alpha value is -1.28. The van der Waals surface area contributed by atoms with Crippen LogP contribution in [0.15, 0.2) is 36.1 Å². The summed E-state index contributed by atoms with van der Waals surface area (Å²) < 4.78 is 5.31. The number of nitrogens with one attached hydrogen (secondary N) is 1. The first-order valence-corrected chi connectivity index (χ1v) is 4.04. The Morgan fingerprint density at radius 1 is 1.25 bits per heavy atom. The van der Waals surface area contributed by atoms with E-state index in [-0.39, 0.29) is 0 Å². The van der Waals surface area contributed by atoms with Crippen LogP contribution < -0.4 is 5.32 Å². The Morgan fingerprint density at radius 3 is 2.75 bits per heavy atom. The van der Waals surface area contributed by atoms with Crippen LogP contribution in [0.3, 0.4) is 0 Å². The summed E-state index contributed by atoms with van der Waals surface area (Å²) in [4.78, 5) is 0. The first-order chi connectivity index (χ1) is 5.95. The van der Waals surface area contributed by atoms with Gasteiger partial charge in [-0.25, -0.2) is 0 Å². The molecule has 2 nitrogen and oxygen atoms in total. The molecule has 0 aromatic heterocycles. The molecule has 0 atom stereocenters. The SMILES string of the molecule is C(=C1CNCO1)c1ccccc1. The van der Waals surface area contributed by atoms with E-state index in [0.29, 0.717) is 6.73 Å². The smallest absolute Gasteiger partial charge is 0.139 e. The van der Waals surface area contributed by atoms with E-state index >= 15 is 0 Å². The van der Waals surface area contributed by atoms with Crippen molar-refractivity contribution < 1.29 is 4.74 Å². The number of hydrogen-bond acceptors (Lipinski definition) is 2. The lowest BCUT2D eigenvalue weighted by Crippen LogP contribution is -2.04. The topological polar surface area (TPSA) is 21.3 Å². The molecule has 2 rings (SSSR count). The Bertz CT molecular complexity index is 271. The number of rotatable bonds is 1. The molecule has 62 valence electrons. The second kappa shape index (κ2) is 3.41. The van der Waals surface area contributed by atoms with E-state index in [9.17, 15) is 0 Å². The van der Waals surface area contributed by atoms with Crippen LogP contribution in [0.5, 0.6) is 0 Å². The molecular formula is C10H11NO. The maximum absolute atomic E-state index is 5.31. The van der Waals surface area contributed by atoms with Crippen molar-refractivity contribution in [2.24, 2.45) is 0 Å². The van der Waals surface area contributed by atoms with Gasteiger partial charge in [0.1, 0.15) is 12.5 Å². The molecule has 1 aromatic carbocycles. The van der Waals surface area contributed by atoms with E-state index in [1.165, 1.54) is 5.56 Å². The van der Waals surface area contributed by atoms with E-state index in [4.69, 9.17) is 4.74 Å². The van der Waals surface area contributed by atoms with Crippen LogP contribution >= 0.6 is 0 Å². The Kier molecular flexibility index (Phi) is 2.10. The molecule has 1 N–H and O–H groups in total. The number of ether oxygens (including phenoxy) is 1. The molecule has 0 spiro atoms. The van der Waals surface area contributed by atoms with Crippen LogP contribution in [0.4, 0.5) is 0 Å². The van der Waals surface area contributed by atoms with Gasteiger partial charge in [-0.05, 0) is 11.6 Å². The average Bonchev–Trinajstić information content (AvgIpc) is 2.59. The van der Waals surface area contributed by atoms with E-state index in [1.54, 1.807) is 0 Å². The molecule has 0 aliphatic carbocycles. The quantitative estimate of drug-likeness (QED) is 0.675. The molecule has 12 heavy (non-hydrogen) atoms. The fourth-order valence-electron chi connectivity index (χ4n) is 1.20. The summed E-state index contributed by atoms with van der Waals surface area (Å²) in [5, 5.41) is 3.10. The summed E-state index contributed by atoms with van der Waals surface area (Å²) in [5.74, 6) is 1.02. The summed E-state index contributed by atoms with van der Waals surface area (Å²) in [5.41, 5.74) is 1.19. The summed E-state index contributed by atoms with van der Waals surface area (Å²) in [6.45, 7) is 1.48. The fourth-order valence-corrected chi connectivity index (χ4v) is 1.20. The minimum Gasteiger partial charge on any atom is -0.481 e. The van der Waals surface area contributed by atoms with Crippen molar-refractivity contribution in [1.82, 2.24) is 5.32 Å². The van der Waals surface area contributed by atoms with Crippen molar-refractivity contribution in [3.05, 3.63) is 41.7 Å². The van der Waals surface area contributed by atoms with Crippen molar-refractivity contribution in [3.63, 3.8) is 0 Å². The van der Waals surface area contributed by atoms with E-state index in [1.807, 2.05) is 18.2 Å². The van der Waals surface area contributed by atoms with Gasteiger partial charge in [0.05, 0.1) is 6.54 Å². The second-order valence-electron chi connectivity index (χ2n) is 2.74. The van der Waals surface area contributed by atoms with Gasteiger partial charge in [-0.15, -0.1) is 0 Å². The predicted octanol–water partition coefficient (Wildman–Crippen LogP) is 1.60. The maximum Gasteiger partial charge on any atom is 0.139 e. The Morgan fingerprint density at radius 2 is 2.08 bits per heavy atom. The lowest BCUT2D eigenvalue weighted by molar-refractivity contribution is 0.257. The predicted molar refractivity (Wildman–Crippen MR) is 48.4 cm³/mol. The second-order valence-corrected chi connectivity index (χ2v) is 2.74. The molecule has 0 bridgehead atoms. The number of hydrogen-bond donors (Lipinski definition) is 1. The third kappa shape index (κ3) is 1.66. The average molecular weight is 161 g/mol. The molecule has 1 aliphatic rings. The van der Waals surface area contributed by atoms with Crippen molar-refractivity contribution in [3.8, 4) is 0 Å². The fraction of sp³-hybridized carbons (Fsp3) is 0.200. The van der Waals surface area contributed by atoms with E-state index in [0.717, 1.165) is 12.3 Å². The molecule has 2 heteroatoms. The lowest BCUT2D eigenvalue weighted by Gasteiger charge is -1.96. The summed E-state index contributed by atoms with van der Waals surface area (Å²) in [6, 6.07) is 10.2. The molecule has 1 fully saturated rings. The molecule has 0 amide bonds. The monoisotopic (exact) mass is 161 g/mol. The van der Waals surface area contributed by atoms with Crippen LogP contribution in [-0.4, -0.2) is 13.3 Å². The highest BCUT2D eigenvalue weighted by Crippen LogP contribution is 2.09. The standard InChI is InChI=1S/C10H11NO/c1-2-4-9(5-3-1)6-10-7-11-8-12-10/h1-6,11H,7-8H2. The zero-order valence-electron chi connectivity index (χ0n) is 6.79. The van der Waals surface area contributed by atoms with Crippen LogP contribution in [0.2, 0.25) is 0 Å². The van der Waals surface area contributed by atoms with E-state index in [2.05, 4.69) is 23.5 Å². The highest BCUT2D eigenvalue weighted by Gasteiger charge is 2.04. The molecule has 1 saturated heterocycles. The third-order valence-electron chi connectivity index (χ3n) is 1.79. The maximum atomic E-state index is 5.31. The van der Waals surface area contributed by atoms with Crippen LogP contribution in [-0.2, 0) is 4.74 Å². The minimum atomic E-state index is 0.638. The van der Waals surface area contributed by atoms with Gasteiger partial charge in [0.2, 0.25) is 0 Å². The molecule has 1 heterocycles.